The third kappa shape index (κ3) is 4.69. The lowest BCUT2D eigenvalue weighted by atomic mass is 10.1. The first-order chi connectivity index (χ1) is 12.4. The zero-order valence-corrected chi connectivity index (χ0v) is 14.5. The number of carbonyl (C=O) groups excluding carboxylic acids is 1. The molecule has 0 aliphatic heterocycles. The summed E-state index contributed by atoms with van der Waals surface area (Å²) in [6.07, 6.45) is 5.79. The van der Waals surface area contributed by atoms with Crippen LogP contribution >= 0.6 is 11.6 Å². The molecule has 0 atom stereocenters. The average molecular weight is 373 g/mol. The minimum absolute atomic E-state index is 0.0161. The number of H-pyrrole nitrogens is 1. The fourth-order valence-electron chi connectivity index (χ4n) is 1.96. The summed E-state index contributed by atoms with van der Waals surface area (Å²) in [5.74, 6) is -0.542. The van der Waals surface area contributed by atoms with Gasteiger partial charge in [-0.05, 0) is 24.3 Å². The Hall–Kier alpha value is -3.16. The molecular weight excluding hydrogens is 356 g/mol. The standard InChI is InChI=1S/C18H17ClN4O3/c1-11(12(2)20-7-3-4-8-24)18(26)22-15-10-21-23-17(15)14-9-13(19)5-6-16(14)25/h3-7,9-10,24-25H,1-2,8H2,(H,21,23)(H,22,26)/b4-3-,20-7?. The van der Waals surface area contributed by atoms with Crippen LogP contribution in [0.5, 0.6) is 5.75 Å². The van der Waals surface area contributed by atoms with Crippen molar-refractivity contribution in [1.82, 2.24) is 10.2 Å². The van der Waals surface area contributed by atoms with Crippen LogP contribution in [0.1, 0.15) is 0 Å². The summed E-state index contributed by atoms with van der Waals surface area (Å²) in [6, 6.07) is 4.54. The summed E-state index contributed by atoms with van der Waals surface area (Å²) >= 11 is 5.96. The first kappa shape index (κ1) is 19.2. The van der Waals surface area contributed by atoms with E-state index in [1.807, 2.05) is 0 Å². The molecule has 0 spiro atoms. The highest BCUT2D eigenvalue weighted by Gasteiger charge is 2.16. The molecule has 7 nitrogen and oxygen atoms in total. The van der Waals surface area contributed by atoms with Crippen molar-refractivity contribution in [3.05, 3.63) is 66.0 Å². The van der Waals surface area contributed by atoms with Crippen molar-refractivity contribution in [2.24, 2.45) is 4.99 Å². The van der Waals surface area contributed by atoms with Crippen LogP contribution in [0, 0.1) is 0 Å². The van der Waals surface area contributed by atoms with Gasteiger partial charge in [0.1, 0.15) is 5.75 Å². The number of phenols is 1. The third-order valence-corrected chi connectivity index (χ3v) is 3.53. The Morgan fingerprint density at radius 3 is 2.92 bits per heavy atom. The van der Waals surface area contributed by atoms with Gasteiger partial charge in [0.25, 0.3) is 5.91 Å². The molecule has 0 aliphatic rings. The number of halogens is 1. The van der Waals surface area contributed by atoms with E-state index in [1.54, 1.807) is 12.1 Å². The van der Waals surface area contributed by atoms with E-state index in [0.717, 1.165) is 0 Å². The SMILES string of the molecule is C=C(N=C/C=C\CO)C(=C)C(=O)Nc1cn[nH]c1-c1cc(Cl)ccc1O. The van der Waals surface area contributed by atoms with E-state index < -0.39 is 5.91 Å². The van der Waals surface area contributed by atoms with Gasteiger partial charge >= 0.3 is 0 Å². The maximum atomic E-state index is 12.3. The van der Waals surface area contributed by atoms with E-state index in [9.17, 15) is 9.90 Å². The number of aliphatic imine (C=N–C) groups is 1. The molecule has 0 bridgehead atoms. The van der Waals surface area contributed by atoms with Crippen molar-refractivity contribution < 1.29 is 15.0 Å². The van der Waals surface area contributed by atoms with Gasteiger partial charge in [0.15, 0.2) is 0 Å². The monoisotopic (exact) mass is 372 g/mol. The third-order valence-electron chi connectivity index (χ3n) is 3.30. The number of hydrogen-bond acceptors (Lipinski definition) is 5. The van der Waals surface area contributed by atoms with Gasteiger partial charge in [0.05, 0.1) is 35.5 Å². The number of amides is 1. The topological polar surface area (TPSA) is 111 Å². The van der Waals surface area contributed by atoms with Gasteiger partial charge in [-0.25, -0.2) is 0 Å². The summed E-state index contributed by atoms with van der Waals surface area (Å²) in [7, 11) is 0. The molecule has 2 aromatic rings. The fourth-order valence-corrected chi connectivity index (χ4v) is 2.13. The van der Waals surface area contributed by atoms with Crippen LogP contribution in [0.4, 0.5) is 5.69 Å². The Bertz CT molecular complexity index is 900. The van der Waals surface area contributed by atoms with Crippen LogP contribution in [-0.2, 0) is 4.79 Å². The number of carbonyl (C=O) groups is 1. The molecular formula is C18H17ClN4O3. The van der Waals surface area contributed by atoms with Gasteiger partial charge in [-0.1, -0.05) is 30.8 Å². The summed E-state index contributed by atoms with van der Waals surface area (Å²) in [5, 5.41) is 28.3. The Labute approximate surface area is 155 Å². The van der Waals surface area contributed by atoms with E-state index in [4.69, 9.17) is 16.7 Å². The van der Waals surface area contributed by atoms with Gasteiger partial charge < -0.3 is 15.5 Å². The number of aromatic hydroxyl groups is 1. The lowest BCUT2D eigenvalue weighted by molar-refractivity contribution is -0.112. The smallest absolute Gasteiger partial charge is 0.257 e. The number of aromatic amines is 1. The summed E-state index contributed by atoms with van der Waals surface area (Å²) < 4.78 is 0. The predicted molar refractivity (Wildman–Crippen MR) is 102 cm³/mol. The number of allylic oxidation sites excluding steroid dienone is 1. The Morgan fingerprint density at radius 1 is 1.42 bits per heavy atom. The van der Waals surface area contributed by atoms with Gasteiger partial charge in [0.2, 0.25) is 0 Å². The summed E-state index contributed by atoms with van der Waals surface area (Å²) in [5.41, 5.74) is 1.35. The number of nitrogens with one attached hydrogen (secondary N) is 2. The quantitative estimate of drug-likeness (QED) is 0.340. The van der Waals surface area contributed by atoms with Crippen molar-refractivity contribution in [2.75, 3.05) is 11.9 Å². The summed E-state index contributed by atoms with van der Waals surface area (Å²) in [6.45, 7) is 7.23. The van der Waals surface area contributed by atoms with Crippen molar-refractivity contribution in [1.29, 1.82) is 0 Å². The van der Waals surface area contributed by atoms with Crippen molar-refractivity contribution in [2.45, 2.75) is 0 Å². The Balaban J connectivity index is 2.16. The van der Waals surface area contributed by atoms with Gasteiger partial charge in [-0.3, -0.25) is 14.9 Å². The van der Waals surface area contributed by atoms with E-state index in [2.05, 4.69) is 33.7 Å². The molecule has 1 heterocycles. The molecule has 0 saturated heterocycles. The number of nitrogens with zero attached hydrogens (tertiary/aromatic N) is 2. The highest BCUT2D eigenvalue weighted by molar-refractivity contribution is 6.31. The van der Waals surface area contributed by atoms with Gasteiger partial charge in [0, 0.05) is 16.8 Å². The van der Waals surface area contributed by atoms with Gasteiger partial charge in [-0.2, -0.15) is 5.10 Å². The number of anilines is 1. The molecule has 1 amide bonds. The predicted octanol–water partition coefficient (Wildman–Crippen LogP) is 3.06. The lowest BCUT2D eigenvalue weighted by Crippen LogP contribution is -2.14. The fraction of sp³-hybridized carbons (Fsp3) is 0.0556. The number of phenolic OH excluding ortho intramolecular Hbond substituents is 1. The van der Waals surface area contributed by atoms with Crippen molar-refractivity contribution >= 4 is 29.4 Å². The molecule has 8 heteroatoms. The van der Waals surface area contributed by atoms with Crippen LogP contribution in [0.2, 0.25) is 5.02 Å². The van der Waals surface area contributed by atoms with E-state index in [-0.39, 0.29) is 23.6 Å². The number of aliphatic hydroxyl groups excluding tert-OH is 1. The second kappa shape index (κ2) is 8.80. The zero-order chi connectivity index (χ0) is 19.1. The zero-order valence-electron chi connectivity index (χ0n) is 13.7. The van der Waals surface area contributed by atoms with Crippen molar-refractivity contribution in [3.63, 3.8) is 0 Å². The first-order valence-corrected chi connectivity index (χ1v) is 7.83. The minimum Gasteiger partial charge on any atom is -0.507 e. The number of benzene rings is 1. The molecule has 4 N–H and O–H groups in total. The molecule has 26 heavy (non-hydrogen) atoms. The number of aromatic nitrogens is 2. The number of hydrogen-bond donors (Lipinski definition) is 4. The van der Waals surface area contributed by atoms with Crippen LogP contribution in [0.3, 0.4) is 0 Å². The highest BCUT2D eigenvalue weighted by Crippen LogP contribution is 2.34. The van der Waals surface area contributed by atoms with E-state index in [1.165, 1.54) is 30.6 Å². The van der Waals surface area contributed by atoms with Crippen LogP contribution in [0.25, 0.3) is 11.3 Å². The first-order valence-electron chi connectivity index (χ1n) is 7.46. The lowest BCUT2D eigenvalue weighted by Gasteiger charge is -2.09. The van der Waals surface area contributed by atoms with Crippen molar-refractivity contribution in [3.8, 4) is 17.0 Å². The second-order valence-corrected chi connectivity index (χ2v) is 5.52. The van der Waals surface area contributed by atoms with Crippen LogP contribution < -0.4 is 5.32 Å². The average Bonchev–Trinajstić information content (AvgIpc) is 3.07. The largest absolute Gasteiger partial charge is 0.507 e. The molecule has 2 rings (SSSR count). The Kier molecular flexibility index (Phi) is 6.48. The maximum absolute atomic E-state index is 12.3. The molecule has 0 radical (unpaired) electrons. The van der Waals surface area contributed by atoms with Crippen LogP contribution in [-0.4, -0.2) is 39.1 Å². The van der Waals surface area contributed by atoms with E-state index >= 15 is 0 Å². The van der Waals surface area contributed by atoms with Gasteiger partial charge in [-0.15, -0.1) is 0 Å². The number of aliphatic hydroxyl groups is 1. The molecule has 0 fully saturated rings. The van der Waals surface area contributed by atoms with Crippen LogP contribution in [0.15, 0.2) is 66.0 Å². The Morgan fingerprint density at radius 2 is 2.19 bits per heavy atom. The molecule has 1 aromatic carbocycles. The molecule has 1 aromatic heterocycles. The summed E-state index contributed by atoms with van der Waals surface area (Å²) in [4.78, 5) is 16.3. The number of rotatable bonds is 7. The maximum Gasteiger partial charge on any atom is 0.257 e. The minimum atomic E-state index is -0.526. The second-order valence-electron chi connectivity index (χ2n) is 5.09. The highest BCUT2D eigenvalue weighted by atomic mass is 35.5. The molecule has 0 saturated carbocycles. The molecule has 134 valence electrons. The van der Waals surface area contributed by atoms with E-state index in [0.29, 0.717) is 22.0 Å². The normalized spacial score (nSPS) is 11.2. The molecule has 0 aliphatic carbocycles. The molecule has 0 unspecified atom stereocenters.